The molecule has 1 aliphatic heterocycles. The van der Waals surface area contributed by atoms with Gasteiger partial charge in [-0.25, -0.2) is 4.79 Å². The number of rotatable bonds is 9. The Bertz CT molecular complexity index is 1170. The fourth-order valence-electron chi connectivity index (χ4n) is 4.13. The van der Waals surface area contributed by atoms with Crippen molar-refractivity contribution in [3.05, 3.63) is 35.7 Å². The number of benzene rings is 1. The van der Waals surface area contributed by atoms with Gasteiger partial charge < -0.3 is 20.1 Å². The maximum absolute atomic E-state index is 14.0. The molecule has 2 atom stereocenters. The van der Waals surface area contributed by atoms with Crippen molar-refractivity contribution in [2.75, 3.05) is 4.90 Å². The number of carbonyl (C=O) groups is 4. The summed E-state index contributed by atoms with van der Waals surface area (Å²) in [6, 6.07) is 5.29. The number of hydrogen-bond acceptors (Lipinski definition) is 9. The zero-order chi connectivity index (χ0) is 28.8. The number of aromatic nitrogens is 4. The molecule has 3 amide bonds. The average Bonchev–Trinajstić information content (AvgIpc) is 3.47. The lowest BCUT2D eigenvalue weighted by Gasteiger charge is -2.30. The minimum atomic E-state index is -1.05. The fraction of sp³-hybridized carbons (Fsp3) is 0.577. The van der Waals surface area contributed by atoms with E-state index in [2.05, 4.69) is 31.3 Å². The van der Waals surface area contributed by atoms with Crippen LogP contribution < -0.4 is 15.5 Å². The van der Waals surface area contributed by atoms with E-state index in [-0.39, 0.29) is 32.2 Å². The Labute approximate surface area is 227 Å². The molecule has 0 unspecified atom stereocenters. The molecule has 39 heavy (non-hydrogen) atoms. The lowest BCUT2D eigenvalue weighted by atomic mass is 10.1. The van der Waals surface area contributed by atoms with Crippen LogP contribution in [0.1, 0.15) is 72.2 Å². The highest BCUT2D eigenvalue weighted by atomic mass is 16.6. The van der Waals surface area contributed by atoms with E-state index in [1.165, 1.54) is 4.90 Å². The summed E-state index contributed by atoms with van der Waals surface area (Å²) in [5.74, 6) is -1.01. The number of aromatic amines is 1. The maximum Gasteiger partial charge on any atom is 0.408 e. The monoisotopic (exact) mass is 543 g/mol. The number of fused-ring (bicyclic) bond motifs is 1. The van der Waals surface area contributed by atoms with Gasteiger partial charge in [0.2, 0.25) is 11.8 Å². The predicted octanol–water partition coefficient (Wildman–Crippen LogP) is 2.18. The van der Waals surface area contributed by atoms with Gasteiger partial charge in [0.05, 0.1) is 6.54 Å². The summed E-state index contributed by atoms with van der Waals surface area (Å²) in [4.78, 5) is 53.5. The van der Waals surface area contributed by atoms with E-state index in [4.69, 9.17) is 9.47 Å². The summed E-state index contributed by atoms with van der Waals surface area (Å²) in [6.45, 7) is 10.5. The van der Waals surface area contributed by atoms with Gasteiger partial charge in [-0.1, -0.05) is 23.4 Å². The van der Waals surface area contributed by atoms with Crippen LogP contribution in [0.4, 0.5) is 10.5 Å². The van der Waals surface area contributed by atoms with Gasteiger partial charge in [0, 0.05) is 18.5 Å². The molecule has 3 rings (SSSR count). The summed E-state index contributed by atoms with van der Waals surface area (Å²) in [5.41, 5.74) is -0.0327. The lowest BCUT2D eigenvalue weighted by Crippen LogP contribution is -2.55. The van der Waals surface area contributed by atoms with Crippen LogP contribution >= 0.6 is 0 Å². The molecule has 0 aliphatic carbocycles. The number of alkyl carbamates (subject to hydrolysis) is 1. The van der Waals surface area contributed by atoms with Gasteiger partial charge in [0.25, 0.3) is 0 Å². The quantitative estimate of drug-likeness (QED) is 0.401. The first-order valence-corrected chi connectivity index (χ1v) is 12.9. The van der Waals surface area contributed by atoms with Crippen molar-refractivity contribution in [3.63, 3.8) is 0 Å². The Morgan fingerprint density at radius 1 is 1.08 bits per heavy atom. The van der Waals surface area contributed by atoms with Gasteiger partial charge in [-0.05, 0) is 66.0 Å². The summed E-state index contributed by atoms with van der Waals surface area (Å²) in [5, 5.41) is 18.8. The van der Waals surface area contributed by atoms with E-state index < -0.39 is 47.2 Å². The van der Waals surface area contributed by atoms with E-state index in [1.807, 2.05) is 12.1 Å². The fourth-order valence-corrected chi connectivity index (χ4v) is 4.13. The normalized spacial score (nSPS) is 15.7. The molecule has 212 valence electrons. The Morgan fingerprint density at radius 2 is 1.77 bits per heavy atom. The van der Waals surface area contributed by atoms with Crippen LogP contribution in [-0.4, -0.2) is 67.8 Å². The molecule has 1 aromatic heterocycles. The molecular weight excluding hydrogens is 506 g/mol. The number of nitrogens with zero attached hydrogens (tertiary/aromatic N) is 4. The molecule has 1 aromatic carbocycles. The highest BCUT2D eigenvalue weighted by Crippen LogP contribution is 2.33. The van der Waals surface area contributed by atoms with Crippen LogP contribution in [0.2, 0.25) is 0 Å². The third-order valence-electron chi connectivity index (χ3n) is 5.61. The van der Waals surface area contributed by atoms with Crippen LogP contribution in [0.25, 0.3) is 0 Å². The molecule has 3 N–H and O–H groups in total. The van der Waals surface area contributed by atoms with Gasteiger partial charge in [0.15, 0.2) is 5.82 Å². The number of esters is 1. The number of nitrogens with one attached hydrogen (secondary N) is 3. The Balaban J connectivity index is 1.80. The first kappa shape index (κ1) is 29.5. The SMILES string of the molecule is CC(C)(C)OC(=O)CCC[C@H](NC(=O)OC(C)(C)C)C(=O)N1c2ccccc2C[C@H]1C(=O)NCc1nn[nH]n1. The Hall–Kier alpha value is -4.03. The third kappa shape index (κ3) is 8.76. The van der Waals surface area contributed by atoms with Gasteiger partial charge >= 0.3 is 12.1 Å². The standard InChI is InChI=1S/C26H37N7O6/c1-25(2,3)38-21(34)13-9-11-17(28-24(37)39-26(4,5)6)23(36)33-18-12-8-7-10-16(18)14-19(33)22(35)27-15-20-29-31-32-30-20/h7-8,10,12,17,19H,9,11,13-15H2,1-6H3,(H,27,35)(H,28,37)(H,29,30,31,32)/t17-,19-/m0/s1. The number of para-hydroxylation sites is 1. The van der Waals surface area contributed by atoms with Crippen LogP contribution in [-0.2, 0) is 36.8 Å². The van der Waals surface area contributed by atoms with Gasteiger partial charge in [-0.3, -0.25) is 19.3 Å². The number of anilines is 1. The second-order valence-corrected chi connectivity index (χ2v) is 11.3. The largest absolute Gasteiger partial charge is 0.460 e. The topological polar surface area (TPSA) is 168 Å². The van der Waals surface area contributed by atoms with Gasteiger partial charge in [-0.2, -0.15) is 5.21 Å². The number of H-pyrrole nitrogens is 1. The minimum Gasteiger partial charge on any atom is -0.460 e. The smallest absolute Gasteiger partial charge is 0.408 e. The van der Waals surface area contributed by atoms with Gasteiger partial charge in [-0.15, -0.1) is 10.2 Å². The van der Waals surface area contributed by atoms with Gasteiger partial charge in [0.1, 0.15) is 23.3 Å². The molecule has 1 aliphatic rings. The molecular formula is C26H37N7O6. The number of hydrogen-bond donors (Lipinski definition) is 3. The molecule has 13 heteroatoms. The highest BCUT2D eigenvalue weighted by Gasteiger charge is 2.41. The minimum absolute atomic E-state index is 0.0275. The van der Waals surface area contributed by atoms with Crippen LogP contribution in [0.5, 0.6) is 0 Å². The molecule has 0 spiro atoms. The Morgan fingerprint density at radius 3 is 2.41 bits per heavy atom. The number of ether oxygens (including phenoxy) is 2. The van der Waals surface area contributed by atoms with Crippen molar-refractivity contribution in [2.24, 2.45) is 0 Å². The average molecular weight is 544 g/mol. The first-order valence-electron chi connectivity index (χ1n) is 12.9. The molecule has 0 radical (unpaired) electrons. The van der Waals surface area contributed by atoms with E-state index in [9.17, 15) is 19.2 Å². The van der Waals surface area contributed by atoms with Crippen molar-refractivity contribution < 1.29 is 28.7 Å². The molecule has 2 heterocycles. The second kappa shape index (κ2) is 12.2. The Kier molecular flexibility index (Phi) is 9.25. The highest BCUT2D eigenvalue weighted by molar-refractivity contribution is 6.06. The van der Waals surface area contributed by atoms with Crippen LogP contribution in [0.3, 0.4) is 0 Å². The predicted molar refractivity (Wildman–Crippen MR) is 140 cm³/mol. The lowest BCUT2D eigenvalue weighted by molar-refractivity contribution is -0.155. The van der Waals surface area contributed by atoms with E-state index in [0.29, 0.717) is 11.5 Å². The molecule has 0 saturated heterocycles. The number of carbonyl (C=O) groups excluding carboxylic acids is 4. The maximum atomic E-state index is 14.0. The third-order valence-corrected chi connectivity index (χ3v) is 5.61. The van der Waals surface area contributed by atoms with Crippen LogP contribution in [0, 0.1) is 0 Å². The summed E-state index contributed by atoms with van der Waals surface area (Å²) < 4.78 is 10.7. The molecule has 0 bridgehead atoms. The summed E-state index contributed by atoms with van der Waals surface area (Å²) in [7, 11) is 0. The van der Waals surface area contributed by atoms with E-state index in [0.717, 1.165) is 5.56 Å². The van der Waals surface area contributed by atoms with E-state index in [1.54, 1.807) is 53.7 Å². The second-order valence-electron chi connectivity index (χ2n) is 11.3. The summed E-state index contributed by atoms with van der Waals surface area (Å²) in [6.07, 6.45) is -0.0265. The molecule has 13 nitrogen and oxygen atoms in total. The van der Waals surface area contributed by atoms with Crippen molar-refractivity contribution in [1.29, 1.82) is 0 Å². The van der Waals surface area contributed by atoms with E-state index >= 15 is 0 Å². The van der Waals surface area contributed by atoms with Crippen molar-refractivity contribution in [3.8, 4) is 0 Å². The zero-order valence-corrected chi connectivity index (χ0v) is 23.2. The molecule has 0 fully saturated rings. The van der Waals surface area contributed by atoms with Crippen LogP contribution in [0.15, 0.2) is 24.3 Å². The van der Waals surface area contributed by atoms with Crippen molar-refractivity contribution >= 4 is 29.6 Å². The number of amides is 3. The van der Waals surface area contributed by atoms with Crippen molar-refractivity contribution in [2.45, 2.75) is 97.1 Å². The molecule has 2 aromatic rings. The molecule has 0 saturated carbocycles. The zero-order valence-electron chi connectivity index (χ0n) is 23.2. The first-order chi connectivity index (χ1) is 18.2. The number of tetrazole rings is 1. The summed E-state index contributed by atoms with van der Waals surface area (Å²) >= 11 is 0. The van der Waals surface area contributed by atoms with Crippen molar-refractivity contribution in [1.82, 2.24) is 31.3 Å².